The Bertz CT molecular complexity index is 276. The summed E-state index contributed by atoms with van der Waals surface area (Å²) in [6.45, 7) is 1.12. The maximum absolute atomic E-state index is 9.29. The van der Waals surface area contributed by atoms with E-state index in [2.05, 4.69) is 4.99 Å². The second kappa shape index (κ2) is 6.65. The van der Waals surface area contributed by atoms with Gasteiger partial charge in [-0.25, -0.2) is 0 Å². The van der Waals surface area contributed by atoms with E-state index in [0.29, 0.717) is 13.1 Å². The molecule has 0 fully saturated rings. The fraction of sp³-hybridized carbons (Fsp3) is 0.222. The standard InChI is InChI=1S/C9H12N2O.Co/c10-5-6-11-7-8-3-1-2-4-9(8)12;/h1-4,7,12H,5-6,10H2;/q;+2. The smallest absolute Gasteiger partial charge is 0.507 e. The second-order valence-electron chi connectivity index (χ2n) is 2.38. The molecule has 0 aliphatic carbocycles. The van der Waals surface area contributed by atoms with Gasteiger partial charge in [0.1, 0.15) is 5.75 Å². The first-order chi connectivity index (χ1) is 5.84. The minimum Gasteiger partial charge on any atom is -0.507 e. The Morgan fingerprint density at radius 2 is 2.08 bits per heavy atom. The van der Waals surface area contributed by atoms with E-state index >= 15 is 0 Å². The summed E-state index contributed by atoms with van der Waals surface area (Å²) < 4.78 is 0. The van der Waals surface area contributed by atoms with Gasteiger partial charge in [-0.2, -0.15) is 0 Å². The molecule has 1 rings (SSSR count). The Balaban J connectivity index is 0.00000144. The minimum absolute atomic E-state index is 0. The molecular formula is C9H12CoN2O+2. The third-order valence-corrected chi connectivity index (χ3v) is 1.43. The SMILES string of the molecule is NCCN=Cc1ccccc1O.[Co+2]. The summed E-state index contributed by atoms with van der Waals surface area (Å²) in [6, 6.07) is 7.05. The summed E-state index contributed by atoms with van der Waals surface area (Å²) in [6.07, 6.45) is 1.63. The first-order valence-corrected chi connectivity index (χ1v) is 3.82. The molecule has 0 unspecified atom stereocenters. The number of aliphatic imine (C=N–C) groups is 1. The maximum atomic E-state index is 9.29. The summed E-state index contributed by atoms with van der Waals surface area (Å²) in [5.41, 5.74) is 5.98. The Morgan fingerprint density at radius 1 is 1.38 bits per heavy atom. The minimum atomic E-state index is 0. The fourth-order valence-corrected chi connectivity index (χ4v) is 0.834. The van der Waals surface area contributed by atoms with Gasteiger partial charge in [-0.15, -0.1) is 0 Å². The predicted molar refractivity (Wildman–Crippen MR) is 49.6 cm³/mol. The molecule has 71 valence electrons. The molecule has 0 aliphatic rings. The van der Waals surface area contributed by atoms with Gasteiger partial charge in [0.25, 0.3) is 0 Å². The van der Waals surface area contributed by atoms with E-state index in [0.717, 1.165) is 5.56 Å². The maximum Gasteiger partial charge on any atom is 2.00 e. The molecular weight excluding hydrogens is 211 g/mol. The normalized spacial score (nSPS) is 9.92. The van der Waals surface area contributed by atoms with Crippen molar-refractivity contribution in [2.75, 3.05) is 13.1 Å². The molecule has 0 bridgehead atoms. The fourth-order valence-electron chi connectivity index (χ4n) is 0.834. The van der Waals surface area contributed by atoms with E-state index in [1.54, 1.807) is 24.4 Å². The first kappa shape index (κ1) is 12.2. The van der Waals surface area contributed by atoms with E-state index in [9.17, 15) is 5.11 Å². The number of phenols is 1. The molecule has 0 saturated carbocycles. The van der Waals surface area contributed by atoms with Crippen LogP contribution in [0.5, 0.6) is 5.75 Å². The van der Waals surface area contributed by atoms with Crippen molar-refractivity contribution in [2.24, 2.45) is 10.7 Å². The molecule has 0 spiro atoms. The van der Waals surface area contributed by atoms with Crippen molar-refractivity contribution in [3.05, 3.63) is 29.8 Å². The van der Waals surface area contributed by atoms with Gasteiger partial charge in [0.15, 0.2) is 0 Å². The summed E-state index contributed by atoms with van der Waals surface area (Å²) in [7, 11) is 0. The molecule has 3 N–H and O–H groups in total. The van der Waals surface area contributed by atoms with Crippen molar-refractivity contribution < 1.29 is 21.9 Å². The number of hydrogen-bond donors (Lipinski definition) is 2. The molecule has 3 nitrogen and oxygen atoms in total. The van der Waals surface area contributed by atoms with E-state index in [1.807, 2.05) is 6.07 Å². The van der Waals surface area contributed by atoms with Crippen molar-refractivity contribution in [1.29, 1.82) is 0 Å². The summed E-state index contributed by atoms with van der Waals surface area (Å²) in [4.78, 5) is 4.01. The molecule has 13 heavy (non-hydrogen) atoms. The van der Waals surface area contributed by atoms with Crippen LogP contribution in [0, 0.1) is 0 Å². The van der Waals surface area contributed by atoms with Gasteiger partial charge >= 0.3 is 16.8 Å². The number of para-hydroxylation sites is 1. The molecule has 0 aromatic heterocycles. The van der Waals surface area contributed by atoms with Crippen molar-refractivity contribution in [1.82, 2.24) is 0 Å². The molecule has 0 amide bonds. The van der Waals surface area contributed by atoms with E-state index < -0.39 is 0 Å². The van der Waals surface area contributed by atoms with Gasteiger partial charge in [0.05, 0.1) is 6.54 Å². The number of aromatic hydroxyl groups is 1. The van der Waals surface area contributed by atoms with Crippen LogP contribution in [0.3, 0.4) is 0 Å². The van der Waals surface area contributed by atoms with Crippen LogP contribution in [-0.4, -0.2) is 24.4 Å². The van der Waals surface area contributed by atoms with Crippen LogP contribution in [0.1, 0.15) is 5.56 Å². The van der Waals surface area contributed by atoms with Crippen molar-refractivity contribution in [3.8, 4) is 5.75 Å². The average molecular weight is 223 g/mol. The van der Waals surface area contributed by atoms with Crippen LogP contribution in [0.4, 0.5) is 0 Å². The van der Waals surface area contributed by atoms with E-state index in [4.69, 9.17) is 5.73 Å². The molecule has 1 aromatic rings. The Morgan fingerprint density at radius 3 is 2.69 bits per heavy atom. The number of rotatable bonds is 3. The van der Waals surface area contributed by atoms with Gasteiger partial charge in [-0.05, 0) is 12.1 Å². The van der Waals surface area contributed by atoms with Gasteiger partial charge in [-0.1, -0.05) is 12.1 Å². The zero-order valence-electron chi connectivity index (χ0n) is 7.11. The van der Waals surface area contributed by atoms with Crippen molar-refractivity contribution in [3.63, 3.8) is 0 Å². The van der Waals surface area contributed by atoms with Crippen LogP contribution in [0.15, 0.2) is 29.3 Å². The molecule has 0 aliphatic heterocycles. The van der Waals surface area contributed by atoms with Gasteiger partial charge in [0, 0.05) is 18.3 Å². The van der Waals surface area contributed by atoms with Crippen LogP contribution in [-0.2, 0) is 16.8 Å². The largest absolute Gasteiger partial charge is 2.00 e. The van der Waals surface area contributed by atoms with Gasteiger partial charge < -0.3 is 10.8 Å². The molecule has 4 heteroatoms. The summed E-state index contributed by atoms with van der Waals surface area (Å²) in [5, 5.41) is 9.29. The predicted octanol–water partition coefficient (Wildman–Crippen LogP) is 0.767. The van der Waals surface area contributed by atoms with Gasteiger partial charge in [0.2, 0.25) is 0 Å². The molecule has 0 atom stereocenters. The Labute approximate surface area is 87.9 Å². The third kappa shape index (κ3) is 4.07. The number of nitrogens with zero attached hydrogens (tertiary/aromatic N) is 1. The molecule has 1 aromatic carbocycles. The topological polar surface area (TPSA) is 58.6 Å². The molecule has 1 radical (unpaired) electrons. The van der Waals surface area contributed by atoms with Gasteiger partial charge in [-0.3, -0.25) is 4.99 Å². The Kier molecular flexibility index (Phi) is 6.22. The number of phenolic OH excluding ortho intramolecular Hbond substituents is 1. The summed E-state index contributed by atoms with van der Waals surface area (Å²) >= 11 is 0. The van der Waals surface area contributed by atoms with Crippen molar-refractivity contribution >= 4 is 6.21 Å². The second-order valence-corrected chi connectivity index (χ2v) is 2.38. The van der Waals surface area contributed by atoms with Crippen molar-refractivity contribution in [2.45, 2.75) is 0 Å². The zero-order valence-corrected chi connectivity index (χ0v) is 8.15. The van der Waals surface area contributed by atoms with E-state index in [-0.39, 0.29) is 22.5 Å². The Hall–Kier alpha value is -0.844. The van der Waals surface area contributed by atoms with Crippen LogP contribution >= 0.6 is 0 Å². The average Bonchev–Trinajstić information content (AvgIpc) is 2.09. The number of nitrogens with two attached hydrogens (primary N) is 1. The van der Waals surface area contributed by atoms with E-state index in [1.165, 1.54) is 0 Å². The monoisotopic (exact) mass is 223 g/mol. The van der Waals surface area contributed by atoms with Crippen LogP contribution < -0.4 is 5.73 Å². The quantitative estimate of drug-likeness (QED) is 0.743. The van der Waals surface area contributed by atoms with Crippen LogP contribution in [0.2, 0.25) is 0 Å². The van der Waals surface area contributed by atoms with Crippen LogP contribution in [0.25, 0.3) is 0 Å². The number of benzene rings is 1. The third-order valence-electron chi connectivity index (χ3n) is 1.43. The first-order valence-electron chi connectivity index (χ1n) is 3.82. The molecule has 0 saturated heterocycles. The molecule has 0 heterocycles. The summed E-state index contributed by atoms with van der Waals surface area (Å²) in [5.74, 6) is 0.248. The number of hydrogen-bond acceptors (Lipinski definition) is 3. The zero-order chi connectivity index (χ0) is 8.81.